The largest absolute Gasteiger partial charge is 0.445 e. The number of carbonyl (C=O) groups excluding carboxylic acids is 3. The first-order valence-electron chi connectivity index (χ1n) is 17.3. The molecule has 3 aromatic rings. The average Bonchev–Trinajstić information content (AvgIpc) is 3.78. The Hall–Kier alpha value is -4.31. The molecular formula is C39H51N5O4S. The van der Waals surface area contributed by atoms with Crippen LogP contribution in [0.2, 0.25) is 0 Å². The summed E-state index contributed by atoms with van der Waals surface area (Å²) in [5, 5.41) is 9.14. The molecule has 0 aliphatic carbocycles. The summed E-state index contributed by atoms with van der Waals surface area (Å²) in [5.41, 5.74) is 4.06. The van der Waals surface area contributed by atoms with E-state index in [9.17, 15) is 14.4 Å². The monoisotopic (exact) mass is 685 g/mol. The number of alkyl carbamates (subject to hydrolysis) is 1. The molecule has 0 fully saturated rings. The second-order valence-electron chi connectivity index (χ2n) is 13.6. The van der Waals surface area contributed by atoms with Gasteiger partial charge in [-0.15, -0.1) is 11.3 Å². The average molecular weight is 686 g/mol. The van der Waals surface area contributed by atoms with Crippen LogP contribution < -0.4 is 10.6 Å². The fraction of sp³-hybridized carbons (Fsp3) is 0.462. The third-order valence-corrected chi connectivity index (χ3v) is 9.83. The van der Waals surface area contributed by atoms with E-state index in [2.05, 4.69) is 58.7 Å². The number of nitrogens with one attached hydrogen (secondary N) is 2. The van der Waals surface area contributed by atoms with Crippen LogP contribution in [0.15, 0.2) is 82.8 Å². The van der Waals surface area contributed by atoms with Crippen molar-refractivity contribution < 1.29 is 19.1 Å². The molecule has 2 N–H and O–H groups in total. The Balaban J connectivity index is 1.42. The van der Waals surface area contributed by atoms with Gasteiger partial charge in [0, 0.05) is 49.6 Å². The van der Waals surface area contributed by atoms with Gasteiger partial charge in [-0.25, -0.2) is 14.6 Å². The Morgan fingerprint density at radius 2 is 1.59 bits per heavy atom. The Morgan fingerprint density at radius 3 is 2.18 bits per heavy atom. The second-order valence-corrected chi connectivity index (χ2v) is 14.5. The number of amides is 3. The summed E-state index contributed by atoms with van der Waals surface area (Å²) in [7, 11) is 1.73. The molecule has 262 valence electrons. The molecule has 3 atom stereocenters. The topological polar surface area (TPSA) is 113 Å². The van der Waals surface area contributed by atoms with Crippen LogP contribution in [-0.2, 0) is 28.9 Å². The van der Waals surface area contributed by atoms with Gasteiger partial charge in [-0.05, 0) is 54.2 Å². The molecule has 10 heteroatoms. The third-order valence-electron chi connectivity index (χ3n) is 8.63. The standard InChI is InChI=1S/C39H51N5O4S/c1-27(2)36(43-38(46)44(5)24-34-26-49-37(41-34)28(3)4)35(45)22-31(20-29-12-8-6-9-13-29)16-17-33(21-30-14-10-7-11-15-30)42-39(47)48-25-32-18-19-40-23-32/h6-15,19,23,26-28,31,33,36H,16-18,20-22,24-25H2,1-5H3,(H,42,47)(H,43,46)/t31-,33-,36+/m1/s1. The molecule has 1 aliphatic rings. The molecule has 0 saturated heterocycles. The van der Waals surface area contributed by atoms with Gasteiger partial charge >= 0.3 is 12.1 Å². The maximum absolute atomic E-state index is 14.0. The molecule has 1 aliphatic heterocycles. The van der Waals surface area contributed by atoms with Crippen molar-refractivity contribution in [2.75, 3.05) is 13.7 Å². The molecule has 1 aromatic heterocycles. The molecule has 9 nitrogen and oxygen atoms in total. The van der Waals surface area contributed by atoms with E-state index in [4.69, 9.17) is 4.74 Å². The van der Waals surface area contributed by atoms with E-state index >= 15 is 0 Å². The first-order valence-corrected chi connectivity index (χ1v) is 18.1. The minimum Gasteiger partial charge on any atom is -0.445 e. The molecule has 0 saturated carbocycles. The molecule has 0 radical (unpaired) electrons. The summed E-state index contributed by atoms with van der Waals surface area (Å²) < 4.78 is 5.52. The summed E-state index contributed by atoms with van der Waals surface area (Å²) in [6.07, 6.45) is 6.78. The molecule has 2 aromatic carbocycles. The number of hydrogen-bond donors (Lipinski definition) is 2. The zero-order chi connectivity index (χ0) is 35.2. The van der Waals surface area contributed by atoms with Gasteiger partial charge in [0.15, 0.2) is 5.78 Å². The number of urea groups is 1. The Labute approximate surface area is 295 Å². The zero-order valence-electron chi connectivity index (χ0n) is 29.4. The van der Waals surface area contributed by atoms with Crippen LogP contribution >= 0.6 is 11.3 Å². The SMILES string of the molecule is CC(C)c1nc(CN(C)C(=O)N[C@H](C(=O)C[C@H](CC[C@H](Cc2ccccc2)NC(=O)OCC2=CN=CC2)Cc2ccccc2)C(C)C)cs1. The predicted octanol–water partition coefficient (Wildman–Crippen LogP) is 7.73. The molecule has 3 amide bonds. The van der Waals surface area contributed by atoms with Crippen molar-refractivity contribution in [2.24, 2.45) is 16.8 Å². The summed E-state index contributed by atoms with van der Waals surface area (Å²) in [4.78, 5) is 50.4. The Bertz CT molecular complexity index is 1550. The Kier molecular flexibility index (Phi) is 14.6. The molecule has 0 spiro atoms. The molecule has 2 heterocycles. The summed E-state index contributed by atoms with van der Waals surface area (Å²) in [5.74, 6) is 0.258. The number of Topliss-reactive ketones (excluding diaryl/α,β-unsaturated/α-hetero) is 1. The molecular weight excluding hydrogens is 635 g/mol. The van der Waals surface area contributed by atoms with Crippen LogP contribution in [0.5, 0.6) is 0 Å². The normalized spacial score (nSPS) is 14.3. The minimum absolute atomic E-state index is 0.00660. The highest BCUT2D eigenvalue weighted by Gasteiger charge is 2.29. The van der Waals surface area contributed by atoms with Crippen LogP contribution in [0.1, 0.15) is 81.1 Å². The number of rotatable bonds is 18. The maximum atomic E-state index is 14.0. The molecule has 0 unspecified atom stereocenters. The molecule has 4 rings (SSSR count). The lowest BCUT2D eigenvalue weighted by atomic mass is 9.85. The van der Waals surface area contributed by atoms with Crippen LogP contribution in [0, 0.1) is 11.8 Å². The minimum atomic E-state index is -0.628. The van der Waals surface area contributed by atoms with E-state index in [-0.39, 0.29) is 36.3 Å². The summed E-state index contributed by atoms with van der Waals surface area (Å²) in [6, 6.07) is 19.1. The number of aromatic nitrogens is 1. The van der Waals surface area contributed by atoms with Crippen molar-refractivity contribution >= 4 is 35.5 Å². The number of thiazole rings is 1. The van der Waals surface area contributed by atoms with E-state index in [1.165, 1.54) is 0 Å². The van der Waals surface area contributed by atoms with Gasteiger partial charge in [0.25, 0.3) is 0 Å². The number of aliphatic imine (C=N–C) groups is 1. The van der Waals surface area contributed by atoms with Crippen molar-refractivity contribution in [1.29, 1.82) is 0 Å². The van der Waals surface area contributed by atoms with Gasteiger partial charge in [0.1, 0.15) is 6.61 Å². The van der Waals surface area contributed by atoms with Gasteiger partial charge in [0.05, 0.1) is 23.3 Å². The van der Waals surface area contributed by atoms with Crippen molar-refractivity contribution in [3.63, 3.8) is 0 Å². The highest BCUT2D eigenvalue weighted by molar-refractivity contribution is 7.09. The highest BCUT2D eigenvalue weighted by Crippen LogP contribution is 2.24. The third kappa shape index (κ3) is 12.6. The number of hydrogen-bond acceptors (Lipinski definition) is 7. The quantitative estimate of drug-likeness (QED) is 0.142. The predicted molar refractivity (Wildman–Crippen MR) is 197 cm³/mol. The number of nitrogens with zero attached hydrogens (tertiary/aromatic N) is 3. The van der Waals surface area contributed by atoms with E-state index < -0.39 is 12.1 Å². The van der Waals surface area contributed by atoms with Gasteiger partial charge in [-0.1, -0.05) is 88.4 Å². The maximum Gasteiger partial charge on any atom is 0.407 e. The Morgan fingerprint density at radius 1 is 0.918 bits per heavy atom. The molecule has 49 heavy (non-hydrogen) atoms. The number of ether oxygens (including phenoxy) is 1. The lowest BCUT2D eigenvalue weighted by molar-refractivity contribution is -0.122. The summed E-state index contributed by atoms with van der Waals surface area (Å²) >= 11 is 1.60. The summed E-state index contributed by atoms with van der Waals surface area (Å²) in [6.45, 7) is 8.70. The van der Waals surface area contributed by atoms with Crippen LogP contribution in [0.4, 0.5) is 9.59 Å². The van der Waals surface area contributed by atoms with E-state index in [0.717, 1.165) is 27.4 Å². The fourth-order valence-electron chi connectivity index (χ4n) is 5.88. The van der Waals surface area contributed by atoms with E-state index in [0.29, 0.717) is 51.0 Å². The number of benzene rings is 2. The van der Waals surface area contributed by atoms with Crippen molar-refractivity contribution in [3.8, 4) is 0 Å². The van der Waals surface area contributed by atoms with Gasteiger partial charge in [-0.2, -0.15) is 0 Å². The molecule has 0 bridgehead atoms. The smallest absolute Gasteiger partial charge is 0.407 e. The van der Waals surface area contributed by atoms with Crippen LogP contribution in [0.25, 0.3) is 0 Å². The van der Waals surface area contributed by atoms with Gasteiger partial charge < -0.3 is 20.3 Å². The van der Waals surface area contributed by atoms with Crippen LogP contribution in [-0.4, -0.2) is 59.7 Å². The van der Waals surface area contributed by atoms with Gasteiger partial charge in [-0.3, -0.25) is 9.79 Å². The van der Waals surface area contributed by atoms with Crippen molar-refractivity contribution in [1.82, 2.24) is 20.5 Å². The fourth-order valence-corrected chi connectivity index (χ4v) is 6.70. The first kappa shape index (κ1) is 37.5. The van der Waals surface area contributed by atoms with Crippen molar-refractivity contribution in [2.45, 2.75) is 90.8 Å². The zero-order valence-corrected chi connectivity index (χ0v) is 30.2. The highest BCUT2D eigenvalue weighted by atomic mass is 32.1. The number of ketones is 1. The first-order chi connectivity index (χ1) is 23.6. The lowest BCUT2D eigenvalue weighted by Crippen LogP contribution is -2.49. The van der Waals surface area contributed by atoms with E-state index in [1.807, 2.05) is 55.6 Å². The van der Waals surface area contributed by atoms with Gasteiger partial charge in [0.2, 0.25) is 0 Å². The number of carbonyl (C=O) groups is 3. The lowest BCUT2D eigenvalue weighted by Gasteiger charge is -2.27. The van der Waals surface area contributed by atoms with Crippen molar-refractivity contribution in [3.05, 3.63) is 99.6 Å². The van der Waals surface area contributed by atoms with E-state index in [1.54, 1.807) is 35.7 Å². The van der Waals surface area contributed by atoms with Crippen LogP contribution in [0.3, 0.4) is 0 Å². The second kappa shape index (κ2) is 19.0.